The van der Waals surface area contributed by atoms with Crippen molar-refractivity contribution in [3.05, 3.63) is 70.4 Å². The molecular formula is C17H19FN2O2. The highest BCUT2D eigenvalue weighted by molar-refractivity contribution is 5.34. The molecular weight excluding hydrogens is 283 g/mol. The number of nitroso groups, excluding NO2 is 1. The van der Waals surface area contributed by atoms with Crippen LogP contribution in [0.1, 0.15) is 23.7 Å². The SMILES string of the molecule is Cc1c(F)cccc1O[C@@H](CCN(C)N=O)c1ccccc1. The lowest BCUT2D eigenvalue weighted by molar-refractivity contribution is 0.172. The highest BCUT2D eigenvalue weighted by Crippen LogP contribution is 2.28. The lowest BCUT2D eigenvalue weighted by Crippen LogP contribution is -2.18. The Bertz CT molecular complexity index is 619. The average Bonchev–Trinajstić information content (AvgIpc) is 2.55. The van der Waals surface area contributed by atoms with Crippen LogP contribution in [0.2, 0.25) is 0 Å². The molecule has 5 heteroatoms. The van der Waals surface area contributed by atoms with Gasteiger partial charge in [0.05, 0.1) is 5.29 Å². The smallest absolute Gasteiger partial charge is 0.129 e. The van der Waals surface area contributed by atoms with Crippen molar-refractivity contribution in [2.45, 2.75) is 19.4 Å². The topological polar surface area (TPSA) is 41.9 Å². The van der Waals surface area contributed by atoms with Crippen molar-refractivity contribution in [3.8, 4) is 5.75 Å². The number of hydrogen-bond donors (Lipinski definition) is 0. The predicted molar refractivity (Wildman–Crippen MR) is 84.0 cm³/mol. The fraction of sp³-hybridized carbons (Fsp3) is 0.294. The first-order valence-corrected chi connectivity index (χ1v) is 7.13. The zero-order valence-electron chi connectivity index (χ0n) is 12.7. The monoisotopic (exact) mass is 302 g/mol. The van der Waals surface area contributed by atoms with Gasteiger partial charge in [-0.2, -0.15) is 0 Å². The maximum absolute atomic E-state index is 13.7. The van der Waals surface area contributed by atoms with Gasteiger partial charge in [0.2, 0.25) is 0 Å². The Hall–Kier alpha value is -2.43. The molecule has 0 amide bonds. The first-order chi connectivity index (χ1) is 10.6. The summed E-state index contributed by atoms with van der Waals surface area (Å²) in [6.45, 7) is 2.14. The van der Waals surface area contributed by atoms with E-state index in [2.05, 4.69) is 5.29 Å². The molecule has 0 aliphatic heterocycles. The fourth-order valence-electron chi connectivity index (χ4n) is 2.17. The largest absolute Gasteiger partial charge is 0.485 e. The van der Waals surface area contributed by atoms with E-state index >= 15 is 0 Å². The standard InChI is InChI=1S/C17H19FN2O2/c1-13-15(18)9-6-10-16(13)22-17(11-12-20(2)19-21)14-7-4-3-5-8-14/h3-10,17H,11-12H2,1-2H3/t17-/m0/s1. The molecule has 116 valence electrons. The molecule has 0 saturated carbocycles. The van der Waals surface area contributed by atoms with Crippen LogP contribution in [-0.2, 0) is 0 Å². The molecule has 2 aromatic carbocycles. The summed E-state index contributed by atoms with van der Waals surface area (Å²) in [5.41, 5.74) is 1.45. The summed E-state index contributed by atoms with van der Waals surface area (Å²) in [5, 5.41) is 4.18. The van der Waals surface area contributed by atoms with Crippen molar-refractivity contribution in [2.75, 3.05) is 13.6 Å². The van der Waals surface area contributed by atoms with Gasteiger partial charge in [0.1, 0.15) is 17.7 Å². The second-order valence-corrected chi connectivity index (χ2v) is 5.13. The van der Waals surface area contributed by atoms with E-state index in [4.69, 9.17) is 4.74 Å². The normalized spacial score (nSPS) is 11.8. The average molecular weight is 302 g/mol. The molecule has 2 aromatic rings. The molecule has 0 aliphatic rings. The summed E-state index contributed by atoms with van der Waals surface area (Å²) in [5.74, 6) is 0.214. The Morgan fingerprint density at radius 1 is 1.18 bits per heavy atom. The summed E-state index contributed by atoms with van der Waals surface area (Å²) in [6, 6.07) is 14.4. The molecule has 0 N–H and O–H groups in total. The lowest BCUT2D eigenvalue weighted by Gasteiger charge is -2.22. The van der Waals surface area contributed by atoms with E-state index < -0.39 is 0 Å². The van der Waals surface area contributed by atoms with E-state index in [0.717, 1.165) is 5.56 Å². The number of rotatable bonds is 7. The second kappa shape index (κ2) is 7.54. The van der Waals surface area contributed by atoms with Crippen molar-refractivity contribution in [1.82, 2.24) is 5.01 Å². The molecule has 0 aromatic heterocycles. The van der Waals surface area contributed by atoms with Crippen LogP contribution in [0.4, 0.5) is 4.39 Å². The van der Waals surface area contributed by atoms with E-state index in [9.17, 15) is 9.30 Å². The molecule has 2 rings (SSSR count). The first-order valence-electron chi connectivity index (χ1n) is 7.13. The minimum atomic E-state index is -0.295. The molecule has 0 bridgehead atoms. The summed E-state index contributed by atoms with van der Waals surface area (Å²) in [4.78, 5) is 10.5. The summed E-state index contributed by atoms with van der Waals surface area (Å²) >= 11 is 0. The summed E-state index contributed by atoms with van der Waals surface area (Å²) in [6.07, 6.45) is 0.299. The minimum Gasteiger partial charge on any atom is -0.485 e. The van der Waals surface area contributed by atoms with Crippen molar-refractivity contribution in [2.24, 2.45) is 5.29 Å². The number of benzene rings is 2. The van der Waals surface area contributed by atoms with E-state index in [-0.39, 0.29) is 11.9 Å². The maximum Gasteiger partial charge on any atom is 0.129 e. The number of nitrogens with zero attached hydrogens (tertiary/aromatic N) is 2. The molecule has 0 heterocycles. The minimum absolute atomic E-state index is 0.272. The second-order valence-electron chi connectivity index (χ2n) is 5.13. The zero-order chi connectivity index (χ0) is 15.9. The van der Waals surface area contributed by atoms with Crippen LogP contribution >= 0.6 is 0 Å². The third-order valence-electron chi connectivity index (χ3n) is 3.51. The Kier molecular flexibility index (Phi) is 5.47. The number of halogens is 1. The van der Waals surface area contributed by atoms with Crippen molar-refractivity contribution in [3.63, 3.8) is 0 Å². The molecule has 22 heavy (non-hydrogen) atoms. The highest BCUT2D eigenvalue weighted by atomic mass is 19.1. The molecule has 0 fully saturated rings. The fourth-order valence-corrected chi connectivity index (χ4v) is 2.17. The van der Waals surface area contributed by atoms with Gasteiger partial charge in [0.15, 0.2) is 0 Å². The Morgan fingerprint density at radius 3 is 2.59 bits per heavy atom. The zero-order valence-corrected chi connectivity index (χ0v) is 12.7. The van der Waals surface area contributed by atoms with Gasteiger partial charge in [0, 0.05) is 25.6 Å². The van der Waals surface area contributed by atoms with Gasteiger partial charge < -0.3 is 4.74 Å². The predicted octanol–water partition coefficient (Wildman–Crippen LogP) is 4.26. The molecule has 0 radical (unpaired) electrons. The van der Waals surface area contributed by atoms with Crippen LogP contribution in [-0.4, -0.2) is 18.6 Å². The van der Waals surface area contributed by atoms with Crippen LogP contribution in [0, 0.1) is 17.6 Å². The van der Waals surface area contributed by atoms with Crippen molar-refractivity contribution < 1.29 is 9.13 Å². The third-order valence-corrected chi connectivity index (χ3v) is 3.51. The van der Waals surface area contributed by atoms with Crippen molar-refractivity contribution in [1.29, 1.82) is 0 Å². The van der Waals surface area contributed by atoms with Gasteiger partial charge in [0.25, 0.3) is 0 Å². The van der Waals surface area contributed by atoms with Crippen LogP contribution in [0.15, 0.2) is 53.8 Å². The molecule has 1 atom stereocenters. The van der Waals surface area contributed by atoms with Gasteiger partial charge in [-0.3, -0.25) is 5.01 Å². The van der Waals surface area contributed by atoms with Crippen LogP contribution in [0.5, 0.6) is 5.75 Å². The van der Waals surface area contributed by atoms with E-state index in [0.29, 0.717) is 24.3 Å². The lowest BCUT2D eigenvalue weighted by atomic mass is 10.1. The van der Waals surface area contributed by atoms with Gasteiger partial charge in [-0.25, -0.2) is 4.39 Å². The Balaban J connectivity index is 2.20. The highest BCUT2D eigenvalue weighted by Gasteiger charge is 2.16. The van der Waals surface area contributed by atoms with E-state index in [1.807, 2.05) is 30.3 Å². The summed E-state index contributed by atoms with van der Waals surface area (Å²) < 4.78 is 19.7. The van der Waals surface area contributed by atoms with Gasteiger partial charge >= 0.3 is 0 Å². The Labute approximate surface area is 129 Å². The quantitative estimate of drug-likeness (QED) is 0.567. The number of ether oxygens (including phenoxy) is 1. The van der Waals surface area contributed by atoms with Gasteiger partial charge in [-0.1, -0.05) is 36.4 Å². The van der Waals surface area contributed by atoms with Crippen LogP contribution in [0.25, 0.3) is 0 Å². The Morgan fingerprint density at radius 2 is 1.91 bits per heavy atom. The maximum atomic E-state index is 13.7. The third kappa shape index (κ3) is 4.04. The van der Waals surface area contributed by atoms with Crippen molar-refractivity contribution >= 4 is 0 Å². The van der Waals surface area contributed by atoms with E-state index in [1.165, 1.54) is 11.1 Å². The van der Waals surface area contributed by atoms with Gasteiger partial charge in [-0.15, -0.1) is 4.91 Å². The van der Waals surface area contributed by atoms with E-state index in [1.54, 1.807) is 26.1 Å². The molecule has 0 saturated heterocycles. The molecule has 0 aliphatic carbocycles. The molecule has 4 nitrogen and oxygen atoms in total. The number of hydrogen-bond acceptors (Lipinski definition) is 3. The summed E-state index contributed by atoms with van der Waals surface area (Å²) in [7, 11) is 1.61. The molecule has 0 unspecified atom stereocenters. The van der Waals surface area contributed by atoms with Crippen LogP contribution in [0.3, 0.4) is 0 Å². The molecule has 0 spiro atoms. The van der Waals surface area contributed by atoms with Gasteiger partial charge in [-0.05, 0) is 24.6 Å². The first kappa shape index (κ1) is 15.9. The van der Waals surface area contributed by atoms with Crippen LogP contribution < -0.4 is 4.74 Å².